The molecule has 1 unspecified atom stereocenters. The summed E-state index contributed by atoms with van der Waals surface area (Å²) in [6.07, 6.45) is 0.137. The Hall–Kier alpha value is -3.46. The van der Waals surface area contributed by atoms with Crippen molar-refractivity contribution < 1.29 is 19.6 Å². The van der Waals surface area contributed by atoms with Crippen LogP contribution in [0.15, 0.2) is 54.6 Å². The summed E-state index contributed by atoms with van der Waals surface area (Å²) >= 11 is 0. The molecule has 1 aliphatic heterocycles. The zero-order valence-corrected chi connectivity index (χ0v) is 16.4. The molecule has 0 aliphatic carbocycles. The Bertz CT molecular complexity index is 880. The van der Waals surface area contributed by atoms with E-state index in [1.54, 1.807) is 17.0 Å². The molecule has 158 valence electrons. The molecule has 0 spiro atoms. The van der Waals surface area contributed by atoms with Gasteiger partial charge < -0.3 is 20.2 Å². The molecule has 1 fully saturated rings. The van der Waals surface area contributed by atoms with Gasteiger partial charge in [-0.25, -0.2) is 0 Å². The molecule has 2 aromatic rings. The van der Waals surface area contributed by atoms with Crippen molar-refractivity contribution in [2.24, 2.45) is 0 Å². The van der Waals surface area contributed by atoms with Gasteiger partial charge in [-0.2, -0.15) is 0 Å². The lowest BCUT2D eigenvalue weighted by Crippen LogP contribution is -2.56. The summed E-state index contributed by atoms with van der Waals surface area (Å²) in [5, 5.41) is 23.0. The van der Waals surface area contributed by atoms with Crippen LogP contribution in [-0.2, 0) is 16.0 Å². The first-order valence-electron chi connectivity index (χ1n) is 9.70. The van der Waals surface area contributed by atoms with Gasteiger partial charge >= 0.3 is 0 Å². The fourth-order valence-corrected chi connectivity index (χ4v) is 3.40. The number of non-ortho nitro benzene ring substituents is 1. The highest BCUT2D eigenvalue weighted by atomic mass is 16.6. The van der Waals surface area contributed by atoms with Gasteiger partial charge in [0.15, 0.2) is 0 Å². The third kappa shape index (κ3) is 5.32. The fourth-order valence-electron chi connectivity index (χ4n) is 3.40. The van der Waals surface area contributed by atoms with Gasteiger partial charge in [0.05, 0.1) is 18.0 Å². The Kier molecular flexibility index (Phi) is 6.97. The van der Waals surface area contributed by atoms with Crippen molar-refractivity contribution in [3.05, 3.63) is 70.3 Å². The van der Waals surface area contributed by atoms with E-state index in [1.165, 1.54) is 12.1 Å². The maximum atomic E-state index is 12.7. The third-order valence-electron chi connectivity index (χ3n) is 5.04. The lowest BCUT2D eigenvalue weighted by Gasteiger charge is -2.37. The first-order chi connectivity index (χ1) is 14.5. The van der Waals surface area contributed by atoms with Gasteiger partial charge in [0.1, 0.15) is 6.04 Å². The smallest absolute Gasteiger partial charge is 0.269 e. The quantitative estimate of drug-likeness (QED) is 0.517. The van der Waals surface area contributed by atoms with E-state index in [1.807, 2.05) is 35.2 Å². The van der Waals surface area contributed by atoms with E-state index in [2.05, 4.69) is 5.32 Å². The van der Waals surface area contributed by atoms with E-state index in [9.17, 15) is 24.8 Å². The molecule has 1 atom stereocenters. The Balaban J connectivity index is 1.52. The number of aliphatic hydroxyl groups excluding tert-OH is 1. The number of hydrogen-bond donors (Lipinski definition) is 2. The number of nitro groups is 1. The van der Waals surface area contributed by atoms with Crippen LogP contribution in [0.25, 0.3) is 0 Å². The van der Waals surface area contributed by atoms with Crippen LogP contribution in [0.3, 0.4) is 0 Å². The lowest BCUT2D eigenvalue weighted by molar-refractivity contribution is -0.384. The van der Waals surface area contributed by atoms with Gasteiger partial charge in [0, 0.05) is 44.0 Å². The molecular formula is C21H24N4O5. The number of carbonyl (C=O) groups excluding carboxylic acids is 2. The van der Waals surface area contributed by atoms with Crippen molar-refractivity contribution in [1.82, 2.24) is 10.2 Å². The van der Waals surface area contributed by atoms with E-state index >= 15 is 0 Å². The number of hydrogen-bond acceptors (Lipinski definition) is 6. The van der Waals surface area contributed by atoms with Gasteiger partial charge in [0.2, 0.25) is 11.8 Å². The van der Waals surface area contributed by atoms with Crippen molar-refractivity contribution in [2.45, 2.75) is 12.5 Å². The highest BCUT2D eigenvalue weighted by molar-refractivity contribution is 5.88. The van der Waals surface area contributed by atoms with Crippen LogP contribution in [0.2, 0.25) is 0 Å². The molecule has 1 aliphatic rings. The number of benzene rings is 2. The van der Waals surface area contributed by atoms with Crippen LogP contribution in [0, 0.1) is 10.1 Å². The number of aliphatic hydroxyl groups is 1. The Morgan fingerprint density at radius 1 is 1.03 bits per heavy atom. The second-order valence-electron chi connectivity index (χ2n) is 7.05. The van der Waals surface area contributed by atoms with Crippen LogP contribution in [0.4, 0.5) is 11.4 Å². The number of rotatable bonds is 7. The topological polar surface area (TPSA) is 116 Å². The predicted octanol–water partition coefficient (Wildman–Crippen LogP) is 0.963. The molecule has 1 heterocycles. The number of carbonyl (C=O) groups is 2. The average molecular weight is 412 g/mol. The van der Waals surface area contributed by atoms with Gasteiger partial charge in [-0.1, -0.05) is 30.3 Å². The van der Waals surface area contributed by atoms with E-state index in [0.29, 0.717) is 26.2 Å². The van der Waals surface area contributed by atoms with E-state index < -0.39 is 17.6 Å². The molecule has 2 aromatic carbocycles. The molecule has 9 heteroatoms. The molecule has 2 N–H and O–H groups in total. The number of nitrogens with one attached hydrogen (secondary N) is 1. The van der Waals surface area contributed by atoms with Crippen molar-refractivity contribution in [2.75, 3.05) is 37.7 Å². The standard InChI is InChI=1S/C21H24N4O5/c26-15-19(22-20(27)14-16-4-2-1-3-5-16)21(28)24-12-10-23(11-13-24)17-6-8-18(9-7-17)25(29)30/h1-9,19,26H,10-15H2,(H,22,27). The molecule has 2 amide bonds. The Morgan fingerprint density at radius 3 is 2.23 bits per heavy atom. The number of anilines is 1. The van der Waals surface area contributed by atoms with Gasteiger partial charge in [0.25, 0.3) is 5.69 Å². The highest BCUT2D eigenvalue weighted by Gasteiger charge is 2.28. The molecule has 9 nitrogen and oxygen atoms in total. The van der Waals surface area contributed by atoms with Gasteiger partial charge in [-0.15, -0.1) is 0 Å². The summed E-state index contributed by atoms with van der Waals surface area (Å²) in [6.45, 7) is 1.50. The molecule has 0 saturated carbocycles. The van der Waals surface area contributed by atoms with E-state index in [0.717, 1.165) is 11.3 Å². The largest absolute Gasteiger partial charge is 0.394 e. The first kappa shape index (κ1) is 21.3. The number of amides is 2. The maximum Gasteiger partial charge on any atom is 0.269 e. The molecule has 0 bridgehead atoms. The normalized spacial score (nSPS) is 14.8. The third-order valence-corrected chi connectivity index (χ3v) is 5.04. The van der Waals surface area contributed by atoms with Crippen LogP contribution in [-0.4, -0.2) is 65.6 Å². The van der Waals surface area contributed by atoms with E-state index in [4.69, 9.17) is 0 Å². The molecule has 30 heavy (non-hydrogen) atoms. The van der Waals surface area contributed by atoms with Crippen molar-refractivity contribution in [3.63, 3.8) is 0 Å². The van der Waals surface area contributed by atoms with Crippen LogP contribution < -0.4 is 10.2 Å². The highest BCUT2D eigenvalue weighted by Crippen LogP contribution is 2.20. The van der Waals surface area contributed by atoms with Crippen molar-refractivity contribution in [1.29, 1.82) is 0 Å². The molecule has 1 saturated heterocycles. The first-order valence-corrected chi connectivity index (χ1v) is 9.70. The predicted molar refractivity (Wildman–Crippen MR) is 111 cm³/mol. The van der Waals surface area contributed by atoms with E-state index in [-0.39, 0.29) is 23.9 Å². The van der Waals surface area contributed by atoms with Crippen LogP contribution in [0.5, 0.6) is 0 Å². The van der Waals surface area contributed by atoms with Crippen molar-refractivity contribution >= 4 is 23.2 Å². The minimum atomic E-state index is -0.980. The maximum absolute atomic E-state index is 12.7. The lowest BCUT2D eigenvalue weighted by atomic mass is 10.1. The zero-order valence-electron chi connectivity index (χ0n) is 16.4. The second kappa shape index (κ2) is 9.84. The monoisotopic (exact) mass is 412 g/mol. The summed E-state index contributed by atoms with van der Waals surface area (Å²) in [4.78, 5) is 39.0. The summed E-state index contributed by atoms with van der Waals surface area (Å²) < 4.78 is 0. The molecule has 0 radical (unpaired) electrons. The number of piperazine rings is 1. The number of nitrogens with zero attached hydrogens (tertiary/aromatic N) is 3. The summed E-state index contributed by atoms with van der Waals surface area (Å²) in [6, 6.07) is 14.5. The minimum Gasteiger partial charge on any atom is -0.394 e. The van der Waals surface area contributed by atoms with Gasteiger partial charge in [-0.05, 0) is 17.7 Å². The van der Waals surface area contributed by atoms with Gasteiger partial charge in [-0.3, -0.25) is 19.7 Å². The second-order valence-corrected chi connectivity index (χ2v) is 7.05. The average Bonchev–Trinajstić information content (AvgIpc) is 2.78. The molecule has 3 rings (SSSR count). The van der Waals surface area contributed by atoms with Crippen LogP contribution >= 0.6 is 0 Å². The fraction of sp³-hybridized carbons (Fsp3) is 0.333. The van der Waals surface area contributed by atoms with Crippen LogP contribution in [0.1, 0.15) is 5.56 Å². The Labute approximate surface area is 174 Å². The summed E-state index contributed by atoms with van der Waals surface area (Å²) in [7, 11) is 0. The van der Waals surface area contributed by atoms with Crippen molar-refractivity contribution in [3.8, 4) is 0 Å². The Morgan fingerprint density at radius 2 is 1.67 bits per heavy atom. The minimum absolute atomic E-state index is 0.0320. The SMILES string of the molecule is O=C(Cc1ccccc1)NC(CO)C(=O)N1CCN(c2ccc([N+](=O)[O-])cc2)CC1. The molecular weight excluding hydrogens is 388 g/mol. The zero-order chi connectivity index (χ0) is 21.5. The summed E-state index contributed by atoms with van der Waals surface area (Å²) in [5.74, 6) is -0.639. The molecule has 0 aromatic heterocycles. The summed E-state index contributed by atoms with van der Waals surface area (Å²) in [5.41, 5.74) is 1.71. The number of nitro benzene ring substituents is 1.